The van der Waals surface area contributed by atoms with Gasteiger partial charge in [0.05, 0.1) is 12.5 Å². The van der Waals surface area contributed by atoms with Crippen molar-refractivity contribution in [2.24, 2.45) is 11.3 Å². The Balaban J connectivity index is 1.80. The first-order chi connectivity index (χ1) is 16.1. The van der Waals surface area contributed by atoms with Gasteiger partial charge in [-0.15, -0.1) is 0 Å². The maximum Gasteiger partial charge on any atom is 0.251 e. The van der Waals surface area contributed by atoms with Gasteiger partial charge >= 0.3 is 0 Å². The monoisotopic (exact) mass is 469 g/mol. The molecule has 2 aromatic carbocycles. The number of amides is 3. The van der Waals surface area contributed by atoms with E-state index >= 15 is 0 Å². The topological polar surface area (TPSA) is 96.5 Å². The molecule has 8 heteroatoms. The van der Waals surface area contributed by atoms with E-state index < -0.39 is 29.6 Å². The lowest BCUT2D eigenvalue weighted by molar-refractivity contribution is -0.129. The Morgan fingerprint density at radius 2 is 1.88 bits per heavy atom. The van der Waals surface area contributed by atoms with Gasteiger partial charge in [-0.05, 0) is 40.7 Å². The molecule has 3 N–H and O–H groups in total. The second kappa shape index (κ2) is 10.8. The van der Waals surface area contributed by atoms with E-state index in [1.807, 2.05) is 32.9 Å². The molecule has 0 bridgehead atoms. The molecule has 2 atom stereocenters. The fraction of sp³-hybridized carbons (Fsp3) is 0.423. The highest BCUT2D eigenvalue weighted by molar-refractivity contribution is 5.99. The molecule has 0 saturated carbocycles. The van der Waals surface area contributed by atoms with Crippen molar-refractivity contribution in [2.45, 2.75) is 46.3 Å². The molecular formula is C26H32FN3O4. The first-order valence-corrected chi connectivity index (χ1v) is 11.3. The first-order valence-electron chi connectivity index (χ1n) is 11.3. The van der Waals surface area contributed by atoms with E-state index in [1.54, 1.807) is 31.4 Å². The highest BCUT2D eigenvalue weighted by atomic mass is 19.1. The highest BCUT2D eigenvalue weighted by Gasteiger charge is 2.31. The summed E-state index contributed by atoms with van der Waals surface area (Å²) in [5.74, 6) is -2.05. The van der Waals surface area contributed by atoms with E-state index in [-0.39, 0.29) is 24.3 Å². The summed E-state index contributed by atoms with van der Waals surface area (Å²) in [6.45, 7) is 6.73. The molecule has 34 heavy (non-hydrogen) atoms. The number of halogens is 1. The number of hydrogen-bond acceptors (Lipinski definition) is 4. The lowest BCUT2D eigenvalue weighted by Gasteiger charge is -2.21. The van der Waals surface area contributed by atoms with Crippen LogP contribution in [0.1, 0.15) is 49.9 Å². The van der Waals surface area contributed by atoms with E-state index in [4.69, 9.17) is 4.74 Å². The van der Waals surface area contributed by atoms with Gasteiger partial charge in [-0.3, -0.25) is 14.4 Å². The summed E-state index contributed by atoms with van der Waals surface area (Å²) in [6, 6.07) is 10.7. The Kier molecular flexibility index (Phi) is 8.04. The standard InChI is InChI=1S/C26H32FN3O4/c1-26(2,3)13-18-9-10-20(12-21(18)27)29-25(33)23(17-7-5-16(6-8-17)15-34-4)30-24(32)19-11-22(31)28-14-19/h5-10,12,19,23H,11,13-15H2,1-4H3,(H,28,31)(H,29,33)(H,30,32)/t19-,23?/m0/s1. The highest BCUT2D eigenvalue weighted by Crippen LogP contribution is 2.25. The number of rotatable bonds is 8. The molecular weight excluding hydrogens is 437 g/mol. The minimum Gasteiger partial charge on any atom is -0.380 e. The maximum absolute atomic E-state index is 14.7. The van der Waals surface area contributed by atoms with Crippen LogP contribution < -0.4 is 16.0 Å². The number of benzene rings is 2. The van der Waals surface area contributed by atoms with Gasteiger partial charge in [-0.1, -0.05) is 51.1 Å². The van der Waals surface area contributed by atoms with Gasteiger partial charge in [0.15, 0.2) is 0 Å². The van der Waals surface area contributed by atoms with Crippen LogP contribution in [-0.4, -0.2) is 31.4 Å². The second-order valence-corrected chi connectivity index (χ2v) is 9.85. The van der Waals surface area contributed by atoms with Crippen molar-refractivity contribution >= 4 is 23.4 Å². The van der Waals surface area contributed by atoms with E-state index in [0.29, 0.717) is 29.8 Å². The second-order valence-electron chi connectivity index (χ2n) is 9.85. The van der Waals surface area contributed by atoms with Gasteiger partial charge in [-0.2, -0.15) is 0 Å². The summed E-state index contributed by atoms with van der Waals surface area (Å²) in [4.78, 5) is 37.5. The summed E-state index contributed by atoms with van der Waals surface area (Å²) < 4.78 is 19.8. The summed E-state index contributed by atoms with van der Waals surface area (Å²) >= 11 is 0. The molecule has 0 aliphatic carbocycles. The van der Waals surface area contributed by atoms with Crippen LogP contribution in [0.25, 0.3) is 0 Å². The third kappa shape index (κ3) is 6.87. The van der Waals surface area contributed by atoms with Crippen molar-refractivity contribution in [3.8, 4) is 0 Å². The van der Waals surface area contributed by atoms with Crippen LogP contribution >= 0.6 is 0 Å². The lowest BCUT2D eigenvalue weighted by Crippen LogP contribution is -2.40. The van der Waals surface area contributed by atoms with Crippen molar-refractivity contribution in [1.29, 1.82) is 0 Å². The van der Waals surface area contributed by atoms with Crippen LogP contribution in [0.15, 0.2) is 42.5 Å². The number of nitrogens with one attached hydrogen (secondary N) is 3. The molecule has 1 aliphatic heterocycles. The maximum atomic E-state index is 14.7. The van der Waals surface area contributed by atoms with Gasteiger partial charge in [0, 0.05) is 25.8 Å². The van der Waals surface area contributed by atoms with E-state index in [0.717, 1.165) is 5.56 Å². The SMILES string of the molecule is COCc1ccc(C(NC(=O)[C@@H]2CNC(=O)C2)C(=O)Nc2ccc(CC(C)(C)C)c(F)c2)cc1. The largest absolute Gasteiger partial charge is 0.380 e. The van der Waals surface area contributed by atoms with Crippen molar-refractivity contribution in [2.75, 3.05) is 19.0 Å². The van der Waals surface area contributed by atoms with Gasteiger partial charge in [0.25, 0.3) is 5.91 Å². The molecule has 182 valence electrons. The first kappa shape index (κ1) is 25.4. The smallest absolute Gasteiger partial charge is 0.251 e. The minimum absolute atomic E-state index is 0.0768. The van der Waals surface area contributed by atoms with Crippen molar-refractivity contribution in [3.05, 3.63) is 65.0 Å². The average Bonchev–Trinajstić information content (AvgIpc) is 3.20. The van der Waals surface area contributed by atoms with Crippen molar-refractivity contribution in [1.82, 2.24) is 10.6 Å². The lowest BCUT2D eigenvalue weighted by atomic mass is 9.88. The summed E-state index contributed by atoms with van der Waals surface area (Å²) in [5.41, 5.74) is 2.27. The van der Waals surface area contributed by atoms with Crippen molar-refractivity contribution < 1.29 is 23.5 Å². The number of methoxy groups -OCH3 is 1. The number of carbonyl (C=O) groups excluding carboxylic acids is 3. The molecule has 1 unspecified atom stereocenters. The number of ether oxygens (including phenoxy) is 1. The molecule has 2 aromatic rings. The Bertz CT molecular complexity index is 1050. The van der Waals surface area contributed by atoms with Crippen LogP contribution in [0.4, 0.5) is 10.1 Å². The van der Waals surface area contributed by atoms with Gasteiger partial charge in [0.2, 0.25) is 11.8 Å². The van der Waals surface area contributed by atoms with Crippen LogP contribution in [0.3, 0.4) is 0 Å². The zero-order valence-corrected chi connectivity index (χ0v) is 20.0. The molecule has 7 nitrogen and oxygen atoms in total. The van der Waals surface area contributed by atoms with Gasteiger partial charge < -0.3 is 20.7 Å². The molecule has 0 spiro atoms. The van der Waals surface area contributed by atoms with Gasteiger partial charge in [0.1, 0.15) is 11.9 Å². The summed E-state index contributed by atoms with van der Waals surface area (Å²) in [7, 11) is 1.59. The van der Waals surface area contributed by atoms with E-state index in [9.17, 15) is 18.8 Å². The minimum atomic E-state index is -1.02. The van der Waals surface area contributed by atoms with Crippen LogP contribution in [0, 0.1) is 17.2 Å². The quantitative estimate of drug-likeness (QED) is 0.551. The summed E-state index contributed by atoms with van der Waals surface area (Å²) in [5, 5.41) is 8.10. The molecule has 3 amide bonds. The Morgan fingerprint density at radius 3 is 2.44 bits per heavy atom. The third-order valence-corrected chi connectivity index (χ3v) is 5.56. The Labute approximate surface area is 199 Å². The Hall–Kier alpha value is -3.26. The number of carbonyl (C=O) groups is 3. The fourth-order valence-corrected chi connectivity index (χ4v) is 3.88. The van der Waals surface area contributed by atoms with Crippen molar-refractivity contribution in [3.63, 3.8) is 0 Å². The molecule has 1 heterocycles. The number of anilines is 1. The fourth-order valence-electron chi connectivity index (χ4n) is 3.88. The molecule has 3 rings (SSSR count). The molecule has 1 fully saturated rings. The zero-order chi connectivity index (χ0) is 24.9. The predicted octanol–water partition coefficient (Wildman–Crippen LogP) is 3.49. The normalized spacial score (nSPS) is 16.6. The van der Waals surface area contributed by atoms with E-state index in [1.165, 1.54) is 6.07 Å². The molecule has 0 aromatic heterocycles. The molecule has 1 saturated heterocycles. The van der Waals surface area contributed by atoms with Crippen LogP contribution in [0.2, 0.25) is 0 Å². The average molecular weight is 470 g/mol. The van der Waals surface area contributed by atoms with Gasteiger partial charge in [-0.25, -0.2) is 4.39 Å². The van der Waals surface area contributed by atoms with Crippen LogP contribution in [0.5, 0.6) is 0 Å². The Morgan fingerprint density at radius 1 is 1.18 bits per heavy atom. The molecule has 0 radical (unpaired) electrons. The predicted molar refractivity (Wildman–Crippen MR) is 127 cm³/mol. The zero-order valence-electron chi connectivity index (χ0n) is 20.0. The summed E-state index contributed by atoms with van der Waals surface area (Å²) in [6.07, 6.45) is 0.640. The van der Waals surface area contributed by atoms with Crippen LogP contribution in [-0.2, 0) is 32.1 Å². The number of hydrogen-bond donors (Lipinski definition) is 3. The third-order valence-electron chi connectivity index (χ3n) is 5.56. The van der Waals surface area contributed by atoms with E-state index in [2.05, 4.69) is 16.0 Å². The molecule has 1 aliphatic rings.